The molecule has 4 heteroatoms. The van der Waals surface area contributed by atoms with Gasteiger partial charge in [0, 0.05) is 6.08 Å². The Hall–Kier alpha value is -2.94. The fraction of sp³-hybridized carbons (Fsp3) is 0.105. The van der Waals surface area contributed by atoms with Gasteiger partial charge in [0.15, 0.2) is 0 Å². The molecule has 0 bridgehead atoms. The maximum absolute atomic E-state index is 10.6. The van der Waals surface area contributed by atoms with E-state index in [0.29, 0.717) is 5.56 Å². The lowest BCUT2D eigenvalue weighted by molar-refractivity contribution is -0.0130. The molecule has 2 aromatic carbocycles. The molecule has 1 aliphatic rings. The monoisotopic (exact) mass is 303 g/mol. The minimum atomic E-state index is -1.36. The van der Waals surface area contributed by atoms with E-state index in [4.69, 9.17) is 5.73 Å². The van der Waals surface area contributed by atoms with Gasteiger partial charge in [0.1, 0.15) is 5.76 Å². The molecule has 1 atom stereocenters. The molecule has 1 aliphatic carbocycles. The third kappa shape index (κ3) is 2.40. The van der Waals surface area contributed by atoms with Crippen LogP contribution in [0.1, 0.15) is 16.7 Å². The lowest BCUT2D eigenvalue weighted by atomic mass is 9.78. The van der Waals surface area contributed by atoms with Crippen molar-refractivity contribution in [2.75, 3.05) is 0 Å². The summed E-state index contributed by atoms with van der Waals surface area (Å²) >= 11 is 0. The molecule has 3 rings (SSSR count). The van der Waals surface area contributed by atoms with Crippen molar-refractivity contribution in [2.24, 2.45) is 5.73 Å². The van der Waals surface area contributed by atoms with Crippen molar-refractivity contribution >= 4 is 11.3 Å². The standard InChI is InChI=1S/C19H17N3O/c1-13-7-5-6-10-16(13)14-11-17(22-21)19(20,18(23)12-14)15-8-3-2-4-9-15/h2-12,23H,20H2,1H3. The number of allylic oxidation sites excluding steroid dienone is 2. The highest BCUT2D eigenvalue weighted by Gasteiger charge is 2.45. The lowest BCUT2D eigenvalue weighted by Crippen LogP contribution is -2.48. The van der Waals surface area contributed by atoms with Gasteiger partial charge in [-0.2, -0.15) is 4.79 Å². The molecule has 0 amide bonds. The first-order valence-electron chi connectivity index (χ1n) is 7.33. The Morgan fingerprint density at radius 3 is 2.30 bits per heavy atom. The van der Waals surface area contributed by atoms with Gasteiger partial charge in [0.2, 0.25) is 5.54 Å². The predicted molar refractivity (Wildman–Crippen MR) is 90.8 cm³/mol. The van der Waals surface area contributed by atoms with E-state index in [1.54, 1.807) is 24.3 Å². The minimum absolute atomic E-state index is 0.0581. The molecule has 0 radical (unpaired) electrons. The van der Waals surface area contributed by atoms with E-state index >= 15 is 0 Å². The van der Waals surface area contributed by atoms with E-state index in [1.807, 2.05) is 49.4 Å². The van der Waals surface area contributed by atoms with Crippen molar-refractivity contribution in [3.8, 4) is 0 Å². The van der Waals surface area contributed by atoms with Gasteiger partial charge in [-0.25, -0.2) is 0 Å². The van der Waals surface area contributed by atoms with Gasteiger partial charge in [0.05, 0.1) is 0 Å². The van der Waals surface area contributed by atoms with E-state index in [9.17, 15) is 10.6 Å². The molecule has 4 nitrogen and oxygen atoms in total. The van der Waals surface area contributed by atoms with Crippen LogP contribution in [0.3, 0.4) is 0 Å². The number of rotatable bonds is 2. The van der Waals surface area contributed by atoms with E-state index in [1.165, 1.54) is 0 Å². The minimum Gasteiger partial charge on any atom is -0.509 e. The number of nitrogens with zero attached hydrogens (tertiary/aromatic N) is 2. The van der Waals surface area contributed by atoms with Crippen LogP contribution in [0.15, 0.2) is 72.5 Å². The normalized spacial score (nSPS) is 20.5. The Kier molecular flexibility index (Phi) is 3.70. The van der Waals surface area contributed by atoms with Crippen LogP contribution >= 0.6 is 0 Å². The molecule has 0 aliphatic heterocycles. The largest absolute Gasteiger partial charge is 0.509 e. The zero-order valence-electron chi connectivity index (χ0n) is 12.8. The first-order valence-corrected chi connectivity index (χ1v) is 7.33. The molecule has 1 unspecified atom stereocenters. The smallest absolute Gasteiger partial charge is 0.324 e. The first-order chi connectivity index (χ1) is 11.1. The molecule has 3 N–H and O–H groups in total. The molecular weight excluding hydrogens is 286 g/mol. The van der Waals surface area contributed by atoms with Crippen molar-refractivity contribution in [3.05, 3.63) is 94.7 Å². The van der Waals surface area contributed by atoms with Crippen molar-refractivity contribution in [3.63, 3.8) is 0 Å². The number of aliphatic hydroxyl groups excluding tert-OH is 1. The molecule has 0 saturated carbocycles. The number of hydrogen-bond acceptors (Lipinski definition) is 2. The van der Waals surface area contributed by atoms with Gasteiger partial charge in [-0.3, -0.25) is 0 Å². The molecule has 2 aromatic rings. The molecule has 0 heterocycles. The summed E-state index contributed by atoms with van der Waals surface area (Å²) in [6.45, 7) is 1.98. The van der Waals surface area contributed by atoms with Crippen LogP contribution in [0.5, 0.6) is 0 Å². The van der Waals surface area contributed by atoms with Gasteiger partial charge in [0.25, 0.3) is 0 Å². The SMILES string of the molecule is Cc1ccccc1C1=CC(=[N+]=[N-])C(N)(c2ccccc2)C(O)=C1. The summed E-state index contributed by atoms with van der Waals surface area (Å²) in [5, 5.41) is 10.6. The van der Waals surface area contributed by atoms with E-state index in [-0.39, 0.29) is 11.5 Å². The average molecular weight is 303 g/mol. The first kappa shape index (κ1) is 15.0. The second-order valence-corrected chi connectivity index (χ2v) is 5.60. The summed E-state index contributed by atoms with van der Waals surface area (Å²) in [7, 11) is 0. The fourth-order valence-electron chi connectivity index (χ4n) is 2.85. The topological polar surface area (TPSA) is 82.7 Å². The van der Waals surface area contributed by atoms with Crippen LogP contribution < -0.4 is 5.73 Å². The van der Waals surface area contributed by atoms with Crippen LogP contribution in [0.4, 0.5) is 0 Å². The number of aryl methyl sites for hydroxylation is 1. The summed E-state index contributed by atoms with van der Waals surface area (Å²) in [5.74, 6) is -0.0581. The summed E-state index contributed by atoms with van der Waals surface area (Å²) in [6, 6.07) is 16.9. The van der Waals surface area contributed by atoms with E-state index in [0.717, 1.165) is 16.7 Å². The van der Waals surface area contributed by atoms with Crippen LogP contribution in [-0.2, 0) is 5.54 Å². The van der Waals surface area contributed by atoms with E-state index in [2.05, 4.69) is 4.79 Å². The quantitative estimate of drug-likeness (QED) is 0.658. The highest BCUT2D eigenvalue weighted by Crippen LogP contribution is 2.35. The molecule has 114 valence electrons. The zero-order valence-corrected chi connectivity index (χ0v) is 12.8. The van der Waals surface area contributed by atoms with Crippen LogP contribution in [0.2, 0.25) is 0 Å². The Morgan fingerprint density at radius 1 is 1.00 bits per heavy atom. The summed E-state index contributed by atoms with van der Waals surface area (Å²) in [6.07, 6.45) is 3.33. The highest BCUT2D eigenvalue weighted by atomic mass is 16.3. The number of aliphatic hydroxyl groups is 1. The molecule has 23 heavy (non-hydrogen) atoms. The van der Waals surface area contributed by atoms with Gasteiger partial charge in [-0.15, -0.1) is 0 Å². The molecule has 0 saturated heterocycles. The Morgan fingerprint density at radius 2 is 1.65 bits per heavy atom. The Bertz CT molecular complexity index is 861. The van der Waals surface area contributed by atoms with E-state index < -0.39 is 5.54 Å². The van der Waals surface area contributed by atoms with Crippen LogP contribution in [-0.4, -0.2) is 15.6 Å². The molecule has 0 spiro atoms. The third-order valence-electron chi connectivity index (χ3n) is 4.19. The zero-order chi connectivity index (χ0) is 16.4. The summed E-state index contributed by atoms with van der Waals surface area (Å²) < 4.78 is 0. The molecular formula is C19H17N3O. The van der Waals surface area contributed by atoms with Gasteiger partial charge in [-0.05, 0) is 35.3 Å². The van der Waals surface area contributed by atoms with Gasteiger partial charge < -0.3 is 16.4 Å². The van der Waals surface area contributed by atoms with Crippen molar-refractivity contribution in [2.45, 2.75) is 12.5 Å². The third-order valence-corrected chi connectivity index (χ3v) is 4.19. The Labute approximate surface area is 134 Å². The number of nitrogens with two attached hydrogens (primary N) is 1. The van der Waals surface area contributed by atoms with Gasteiger partial charge >= 0.3 is 5.71 Å². The van der Waals surface area contributed by atoms with Gasteiger partial charge in [-0.1, -0.05) is 54.6 Å². The number of benzene rings is 2. The number of hydrogen-bond donors (Lipinski definition) is 2. The lowest BCUT2D eigenvalue weighted by Gasteiger charge is -2.27. The predicted octanol–water partition coefficient (Wildman–Crippen LogP) is 3.36. The second kappa shape index (κ2) is 5.69. The Balaban J connectivity index is 2.16. The maximum atomic E-state index is 10.6. The summed E-state index contributed by atoms with van der Waals surface area (Å²) in [4.78, 5) is 3.35. The van der Waals surface area contributed by atoms with Crippen LogP contribution in [0.25, 0.3) is 11.1 Å². The van der Waals surface area contributed by atoms with Crippen LogP contribution in [0, 0.1) is 6.92 Å². The maximum Gasteiger partial charge on any atom is 0.324 e. The van der Waals surface area contributed by atoms with Crippen molar-refractivity contribution in [1.29, 1.82) is 0 Å². The van der Waals surface area contributed by atoms with Crippen molar-refractivity contribution < 1.29 is 9.90 Å². The average Bonchev–Trinajstić information content (AvgIpc) is 2.58. The second-order valence-electron chi connectivity index (χ2n) is 5.60. The highest BCUT2D eigenvalue weighted by molar-refractivity contribution is 6.09. The fourth-order valence-corrected chi connectivity index (χ4v) is 2.85. The molecule has 0 fully saturated rings. The summed E-state index contributed by atoms with van der Waals surface area (Å²) in [5.41, 5.74) is 18.1. The van der Waals surface area contributed by atoms with Crippen molar-refractivity contribution in [1.82, 2.24) is 0 Å². The molecule has 0 aromatic heterocycles.